The van der Waals surface area contributed by atoms with Gasteiger partial charge < -0.3 is 4.98 Å². The van der Waals surface area contributed by atoms with Gasteiger partial charge in [-0.15, -0.1) is 0 Å². The van der Waals surface area contributed by atoms with E-state index < -0.39 is 0 Å². The van der Waals surface area contributed by atoms with Crippen LogP contribution in [0.15, 0.2) is 67.1 Å². The molecule has 0 bridgehead atoms. The molecule has 5 heterocycles. The second-order valence-electron chi connectivity index (χ2n) is 8.28. The van der Waals surface area contributed by atoms with Crippen LogP contribution in [-0.2, 0) is 19.5 Å². The summed E-state index contributed by atoms with van der Waals surface area (Å²) in [5, 5.41) is 4.21. The fraction of sp³-hybridized carbons (Fsp3) is 0.200. The average Bonchev–Trinajstić information content (AvgIpc) is 3.45. The number of imidazole rings is 1. The number of rotatable bonds is 4. The topological polar surface area (TPSA) is 75.0 Å². The molecule has 7 heteroatoms. The number of fused-ring (bicyclic) bond motifs is 2. The van der Waals surface area contributed by atoms with Gasteiger partial charge in [0.2, 0.25) is 0 Å². The fourth-order valence-corrected chi connectivity index (χ4v) is 4.44. The maximum atomic E-state index is 5.01. The van der Waals surface area contributed by atoms with E-state index in [4.69, 9.17) is 9.97 Å². The molecular formula is C25H23N7. The first-order chi connectivity index (χ1) is 15.7. The first-order valence-corrected chi connectivity index (χ1v) is 10.8. The van der Waals surface area contributed by atoms with E-state index in [2.05, 4.69) is 44.2 Å². The number of hydrogen-bond donors (Lipinski definition) is 1. The number of pyridine rings is 2. The normalized spacial score (nSPS) is 14.0. The molecule has 0 spiro atoms. The van der Waals surface area contributed by atoms with Crippen molar-refractivity contribution in [2.45, 2.75) is 26.4 Å². The lowest BCUT2D eigenvalue weighted by atomic mass is 10.00. The van der Waals surface area contributed by atoms with Gasteiger partial charge >= 0.3 is 0 Å². The SMILES string of the molecule is Cc1cccc(-c2nc(CN3CCc4ccccc4C3)[nH]c2-c2ccn3ncnc3c2)n1. The third-order valence-electron chi connectivity index (χ3n) is 6.04. The summed E-state index contributed by atoms with van der Waals surface area (Å²) in [7, 11) is 0. The Labute approximate surface area is 185 Å². The molecule has 7 nitrogen and oxygen atoms in total. The van der Waals surface area contributed by atoms with Crippen LogP contribution in [0.25, 0.3) is 28.3 Å². The lowest BCUT2D eigenvalue weighted by Crippen LogP contribution is -2.30. The minimum absolute atomic E-state index is 0.764. The van der Waals surface area contributed by atoms with Crippen LogP contribution in [0.3, 0.4) is 0 Å². The van der Waals surface area contributed by atoms with Crippen molar-refractivity contribution in [3.8, 4) is 22.6 Å². The third-order valence-corrected chi connectivity index (χ3v) is 6.04. The number of aryl methyl sites for hydroxylation is 1. The Morgan fingerprint density at radius 2 is 1.91 bits per heavy atom. The van der Waals surface area contributed by atoms with E-state index in [1.165, 1.54) is 11.1 Å². The van der Waals surface area contributed by atoms with E-state index >= 15 is 0 Å². The fourth-order valence-electron chi connectivity index (χ4n) is 4.44. The maximum absolute atomic E-state index is 5.01. The zero-order valence-corrected chi connectivity index (χ0v) is 17.9. The summed E-state index contributed by atoms with van der Waals surface area (Å²) in [4.78, 5) is 20.1. The Morgan fingerprint density at radius 3 is 2.81 bits per heavy atom. The lowest BCUT2D eigenvalue weighted by molar-refractivity contribution is 0.240. The van der Waals surface area contributed by atoms with Crippen LogP contribution in [0.4, 0.5) is 0 Å². The monoisotopic (exact) mass is 421 g/mol. The Morgan fingerprint density at radius 1 is 1.00 bits per heavy atom. The van der Waals surface area contributed by atoms with Crippen LogP contribution in [-0.4, -0.2) is 41.0 Å². The number of nitrogens with one attached hydrogen (secondary N) is 1. The van der Waals surface area contributed by atoms with Crippen molar-refractivity contribution in [1.29, 1.82) is 0 Å². The van der Waals surface area contributed by atoms with Crippen molar-refractivity contribution in [2.24, 2.45) is 0 Å². The first kappa shape index (κ1) is 18.9. The van der Waals surface area contributed by atoms with Crippen molar-refractivity contribution >= 4 is 5.65 Å². The minimum atomic E-state index is 0.764. The molecule has 158 valence electrons. The van der Waals surface area contributed by atoms with Crippen molar-refractivity contribution in [2.75, 3.05) is 6.54 Å². The highest BCUT2D eigenvalue weighted by Gasteiger charge is 2.20. The van der Waals surface area contributed by atoms with E-state index in [0.29, 0.717) is 0 Å². The van der Waals surface area contributed by atoms with Crippen LogP contribution in [0.2, 0.25) is 0 Å². The zero-order chi connectivity index (χ0) is 21.5. The van der Waals surface area contributed by atoms with Crippen molar-refractivity contribution in [3.05, 3.63) is 89.8 Å². The number of nitrogens with zero attached hydrogens (tertiary/aromatic N) is 6. The molecule has 5 aromatic rings. The largest absolute Gasteiger partial charge is 0.340 e. The number of aromatic nitrogens is 6. The molecule has 1 aromatic carbocycles. The van der Waals surface area contributed by atoms with E-state index in [1.54, 1.807) is 10.8 Å². The highest BCUT2D eigenvalue weighted by Crippen LogP contribution is 2.30. The van der Waals surface area contributed by atoms with Crippen molar-refractivity contribution < 1.29 is 0 Å². The van der Waals surface area contributed by atoms with Crippen LogP contribution < -0.4 is 0 Å². The molecule has 0 aliphatic carbocycles. The number of benzene rings is 1. The van der Waals surface area contributed by atoms with Crippen molar-refractivity contribution in [3.63, 3.8) is 0 Å². The molecule has 1 aliphatic rings. The summed E-state index contributed by atoms with van der Waals surface area (Å²) >= 11 is 0. The van der Waals surface area contributed by atoms with E-state index in [9.17, 15) is 0 Å². The Hall–Kier alpha value is -3.84. The predicted octanol–water partition coefficient (Wildman–Crippen LogP) is 4.05. The van der Waals surface area contributed by atoms with Crippen LogP contribution in [0.1, 0.15) is 22.6 Å². The van der Waals surface area contributed by atoms with Gasteiger partial charge in [0.1, 0.15) is 17.8 Å². The van der Waals surface area contributed by atoms with E-state index in [0.717, 1.165) is 65.9 Å². The smallest absolute Gasteiger partial charge is 0.155 e. The molecule has 0 fully saturated rings. The summed E-state index contributed by atoms with van der Waals surface area (Å²) in [5.74, 6) is 0.944. The molecule has 4 aromatic heterocycles. The Balaban J connectivity index is 1.38. The number of aromatic amines is 1. The quantitative estimate of drug-likeness (QED) is 0.474. The van der Waals surface area contributed by atoms with Gasteiger partial charge in [-0.25, -0.2) is 14.5 Å². The lowest BCUT2D eigenvalue weighted by Gasteiger charge is -2.27. The molecule has 0 atom stereocenters. The number of H-pyrrole nitrogens is 1. The van der Waals surface area contributed by atoms with Gasteiger partial charge in [0.05, 0.1) is 17.9 Å². The second kappa shape index (κ2) is 7.69. The Kier molecular flexibility index (Phi) is 4.54. The van der Waals surface area contributed by atoms with Gasteiger partial charge in [-0.05, 0) is 48.7 Å². The van der Waals surface area contributed by atoms with Gasteiger partial charge in [-0.2, -0.15) is 5.10 Å². The molecule has 32 heavy (non-hydrogen) atoms. The molecule has 0 saturated heterocycles. The van der Waals surface area contributed by atoms with Crippen LogP contribution in [0, 0.1) is 6.92 Å². The van der Waals surface area contributed by atoms with Gasteiger partial charge in [-0.1, -0.05) is 30.3 Å². The molecule has 0 unspecified atom stereocenters. The molecule has 6 rings (SSSR count). The predicted molar refractivity (Wildman–Crippen MR) is 123 cm³/mol. The van der Waals surface area contributed by atoms with E-state index in [-0.39, 0.29) is 0 Å². The molecule has 1 N–H and O–H groups in total. The molecule has 0 saturated carbocycles. The molecule has 1 aliphatic heterocycles. The molecule has 0 radical (unpaired) electrons. The zero-order valence-electron chi connectivity index (χ0n) is 17.9. The summed E-state index contributed by atoms with van der Waals surface area (Å²) in [6, 6.07) is 18.8. The molecule has 0 amide bonds. The second-order valence-corrected chi connectivity index (χ2v) is 8.28. The summed E-state index contributed by atoms with van der Waals surface area (Å²) in [5.41, 5.74) is 8.34. The highest BCUT2D eigenvalue weighted by molar-refractivity contribution is 5.78. The summed E-state index contributed by atoms with van der Waals surface area (Å²) < 4.78 is 1.76. The van der Waals surface area contributed by atoms with Crippen LogP contribution in [0.5, 0.6) is 0 Å². The minimum Gasteiger partial charge on any atom is -0.340 e. The highest BCUT2D eigenvalue weighted by atomic mass is 15.3. The first-order valence-electron chi connectivity index (χ1n) is 10.8. The van der Waals surface area contributed by atoms with Crippen LogP contribution >= 0.6 is 0 Å². The molecular weight excluding hydrogens is 398 g/mol. The third kappa shape index (κ3) is 3.46. The van der Waals surface area contributed by atoms with Gasteiger partial charge in [-0.3, -0.25) is 9.88 Å². The average molecular weight is 422 g/mol. The van der Waals surface area contributed by atoms with Gasteiger partial charge in [0.15, 0.2) is 5.65 Å². The van der Waals surface area contributed by atoms with Gasteiger partial charge in [0, 0.05) is 30.5 Å². The number of hydrogen-bond acceptors (Lipinski definition) is 5. The van der Waals surface area contributed by atoms with E-state index in [1.807, 2.05) is 43.5 Å². The standard InChI is InChI=1S/C25H23N7/c1-17-5-4-8-21(28-17)25-24(19-10-12-32-23(13-19)26-16-27-32)29-22(30-25)15-31-11-9-18-6-2-3-7-20(18)14-31/h2-8,10,12-13,16H,9,11,14-15H2,1H3,(H,29,30). The van der Waals surface area contributed by atoms with Gasteiger partial charge in [0.25, 0.3) is 0 Å². The summed E-state index contributed by atoms with van der Waals surface area (Å²) in [6.07, 6.45) is 4.56. The maximum Gasteiger partial charge on any atom is 0.155 e. The Bertz CT molecular complexity index is 1410. The summed E-state index contributed by atoms with van der Waals surface area (Å²) in [6.45, 7) is 4.73. The van der Waals surface area contributed by atoms with Crippen molar-refractivity contribution in [1.82, 2.24) is 34.4 Å².